The molecule has 0 aromatic heterocycles. The van der Waals surface area contributed by atoms with Gasteiger partial charge in [-0.3, -0.25) is 0 Å². The minimum Gasteiger partial charge on any atom is -0.0990 e. The Bertz CT molecular complexity index is 4720. The van der Waals surface area contributed by atoms with Gasteiger partial charge in [0.1, 0.15) is 0 Å². The van der Waals surface area contributed by atoms with Crippen LogP contribution < -0.4 is 26.5 Å². The number of fused-ring (bicyclic) bond motifs is 4. The average Bonchev–Trinajstić information content (AvgIpc) is 3.62. The summed E-state index contributed by atoms with van der Waals surface area (Å²) in [6, 6.07) is 115. The first-order valence-corrected chi connectivity index (χ1v) is 31.4. The summed E-state index contributed by atoms with van der Waals surface area (Å²) in [5.74, 6) is 0. The molecule has 0 aliphatic heterocycles. The molecule has 0 spiro atoms. The minimum atomic E-state index is -0.825. The average molecular weight is 1110 g/mol. The fraction of sp³-hybridized carbons (Fsp3) is 0. The Morgan fingerprint density at radius 2 is 0.583 bits per heavy atom. The third-order valence-electron chi connectivity index (χ3n) is 16.3. The van der Waals surface area contributed by atoms with E-state index in [-0.39, 0.29) is 0 Å². The second kappa shape index (κ2) is 23.2. The molecule has 1 atom stereocenters. The highest BCUT2D eigenvalue weighted by Crippen LogP contribution is 2.48. The first kappa shape index (κ1) is 52.3. The number of hydrogen-bond acceptors (Lipinski definition) is 0. The molecule has 396 valence electrons. The molecule has 1 unspecified atom stereocenters. The Hall–Kier alpha value is -9.80. The van der Waals surface area contributed by atoms with Crippen molar-refractivity contribution in [3.05, 3.63) is 346 Å². The van der Waals surface area contributed by atoms with Crippen molar-refractivity contribution in [1.29, 1.82) is 0 Å². The highest BCUT2D eigenvalue weighted by atomic mass is 31.1. The second-order valence-electron chi connectivity index (χ2n) is 21.4. The molecule has 0 fully saturated rings. The van der Waals surface area contributed by atoms with E-state index in [0.717, 1.165) is 0 Å². The molecule has 0 N–H and O–H groups in total. The van der Waals surface area contributed by atoms with E-state index in [2.05, 4.69) is 329 Å². The maximum atomic E-state index is 4.22. The third-order valence-corrected chi connectivity index (χ3v) is 21.2. The molecule has 0 saturated heterocycles. The van der Waals surface area contributed by atoms with E-state index in [1.54, 1.807) is 0 Å². The van der Waals surface area contributed by atoms with Gasteiger partial charge >= 0.3 is 0 Å². The van der Waals surface area contributed by atoms with Gasteiger partial charge < -0.3 is 0 Å². The number of rotatable bonds is 14. The molecule has 0 aliphatic rings. The van der Waals surface area contributed by atoms with E-state index in [0.29, 0.717) is 0 Å². The summed E-state index contributed by atoms with van der Waals surface area (Å²) in [4.78, 5) is 0. The number of hydrogen-bond donors (Lipinski definition) is 0. The fourth-order valence-corrected chi connectivity index (χ4v) is 16.8. The maximum absolute atomic E-state index is 4.22. The molecule has 14 rings (SSSR count). The van der Waals surface area contributed by atoms with Crippen LogP contribution in [-0.2, 0) is 0 Å². The van der Waals surface area contributed by atoms with Gasteiger partial charge in [-0.25, -0.2) is 0 Å². The molecule has 0 nitrogen and oxygen atoms in total. The van der Waals surface area contributed by atoms with E-state index < -0.39 is 15.8 Å². The molecular weight excluding hydrogens is 1050 g/mol. The summed E-state index contributed by atoms with van der Waals surface area (Å²) in [6.45, 7) is 8.26. The van der Waals surface area contributed by atoms with Gasteiger partial charge in [-0.1, -0.05) is 304 Å². The second-order valence-corrected chi connectivity index (χ2v) is 25.8. The summed E-state index contributed by atoms with van der Waals surface area (Å²) >= 11 is 0. The SMILES string of the molecule is C=C/C=C(\C=C)P(c1ccccc1)c1ccc2cc(-c3ccc4c(-c5ccc(-c6ccccc6)cc5)c5cc(-c6ccc7cc(P(c8ccccc8)c8ccccc8)ccc7c6)ccc5c(-c5ccc(-c6ccccc6)cc5)c4c3)ccc2c1. The number of benzene rings is 14. The lowest BCUT2D eigenvalue weighted by atomic mass is 9.83. The zero-order valence-corrected chi connectivity index (χ0v) is 48.3. The topological polar surface area (TPSA) is 0 Å². The van der Waals surface area contributed by atoms with Crippen molar-refractivity contribution in [3.8, 4) is 66.8 Å². The molecule has 84 heavy (non-hydrogen) atoms. The smallest absolute Gasteiger partial charge is 0.00261 e. The normalized spacial score (nSPS) is 12.0. The van der Waals surface area contributed by atoms with Gasteiger partial charge in [-0.15, -0.1) is 0 Å². The molecular formula is C82H58P2. The molecule has 0 saturated carbocycles. The van der Waals surface area contributed by atoms with Gasteiger partial charge in [0.2, 0.25) is 0 Å². The van der Waals surface area contributed by atoms with E-state index in [1.165, 1.54) is 142 Å². The van der Waals surface area contributed by atoms with Crippen molar-refractivity contribution in [1.82, 2.24) is 0 Å². The fourth-order valence-electron chi connectivity index (χ4n) is 12.2. The van der Waals surface area contributed by atoms with E-state index >= 15 is 0 Å². The van der Waals surface area contributed by atoms with Gasteiger partial charge in [0.15, 0.2) is 0 Å². The van der Waals surface area contributed by atoms with Crippen molar-refractivity contribution >= 4 is 85.5 Å². The predicted molar refractivity (Wildman–Crippen MR) is 369 cm³/mol. The Kier molecular flexibility index (Phi) is 14.5. The minimum absolute atomic E-state index is 0.726. The zero-order valence-electron chi connectivity index (χ0n) is 46.5. The first-order chi connectivity index (χ1) is 41.5. The van der Waals surface area contributed by atoms with Gasteiger partial charge in [0, 0.05) is 0 Å². The van der Waals surface area contributed by atoms with Crippen LogP contribution in [0.2, 0.25) is 0 Å². The molecule has 0 amide bonds. The van der Waals surface area contributed by atoms with Crippen LogP contribution in [0.3, 0.4) is 0 Å². The van der Waals surface area contributed by atoms with E-state index in [9.17, 15) is 0 Å². The van der Waals surface area contributed by atoms with Crippen LogP contribution in [0.15, 0.2) is 346 Å². The zero-order chi connectivity index (χ0) is 56.3. The standard InChI is InChI=1S/C82H58P2/c1-3-20-71(4-2)83(72-25-14-7-15-26-72)75-47-43-65-51-63(39-41-67(65)53-75)69-45-49-77-79(55-69)81(61-35-31-59(32-36-61)57-21-10-5-11-22-57)78-50-46-70(56-80(78)82(77)62-37-33-60(34-38-62)58-23-12-6-13-24-58)64-40-42-68-54-76(48-44-66(68)52-64)84(73-27-16-8-17-28-73)74-29-18-9-19-30-74/h3-56H,1-2H2/b71-20+. The van der Waals surface area contributed by atoms with Crippen molar-refractivity contribution in [2.24, 2.45) is 0 Å². The summed E-state index contributed by atoms with van der Waals surface area (Å²) < 4.78 is 0. The first-order valence-electron chi connectivity index (χ1n) is 28.7. The third kappa shape index (κ3) is 10.2. The molecule has 0 radical (unpaired) electrons. The summed E-state index contributed by atoms with van der Waals surface area (Å²) in [5, 5.41) is 17.5. The van der Waals surface area contributed by atoms with Crippen LogP contribution in [0.25, 0.3) is 110 Å². The molecule has 0 bridgehead atoms. The summed E-state index contributed by atoms with van der Waals surface area (Å²) in [6.07, 6.45) is 5.96. The lowest BCUT2D eigenvalue weighted by Gasteiger charge is -2.21. The summed E-state index contributed by atoms with van der Waals surface area (Å²) in [5.41, 5.74) is 14.3. The molecule has 0 heterocycles. The molecule has 0 aliphatic carbocycles. The van der Waals surface area contributed by atoms with Gasteiger partial charge in [-0.2, -0.15) is 0 Å². The van der Waals surface area contributed by atoms with Crippen LogP contribution in [-0.4, -0.2) is 0 Å². The van der Waals surface area contributed by atoms with Crippen molar-refractivity contribution < 1.29 is 0 Å². The van der Waals surface area contributed by atoms with Crippen molar-refractivity contribution in [2.45, 2.75) is 0 Å². The van der Waals surface area contributed by atoms with Crippen LogP contribution in [0.1, 0.15) is 0 Å². The highest BCUT2D eigenvalue weighted by molar-refractivity contribution is 7.79. The Morgan fingerprint density at radius 1 is 0.250 bits per heavy atom. The maximum Gasteiger partial charge on any atom is -0.00261 e. The van der Waals surface area contributed by atoms with Gasteiger partial charge in [-0.05, 0) is 194 Å². The van der Waals surface area contributed by atoms with E-state index in [1.807, 2.05) is 12.2 Å². The molecule has 2 heteroatoms. The van der Waals surface area contributed by atoms with Crippen molar-refractivity contribution in [3.63, 3.8) is 0 Å². The Labute approximate surface area is 495 Å². The van der Waals surface area contributed by atoms with Crippen molar-refractivity contribution in [2.75, 3.05) is 0 Å². The van der Waals surface area contributed by atoms with Crippen LogP contribution >= 0.6 is 15.8 Å². The largest absolute Gasteiger partial charge is 0.0990 e. The number of allylic oxidation sites excluding steroid dienone is 4. The van der Waals surface area contributed by atoms with Gasteiger partial charge in [0.25, 0.3) is 0 Å². The quantitative estimate of drug-likeness (QED) is 0.0578. The Morgan fingerprint density at radius 3 is 1.02 bits per heavy atom. The van der Waals surface area contributed by atoms with E-state index in [4.69, 9.17) is 0 Å². The predicted octanol–water partition coefficient (Wildman–Crippen LogP) is 20.7. The van der Waals surface area contributed by atoms with Crippen LogP contribution in [0.5, 0.6) is 0 Å². The van der Waals surface area contributed by atoms with Crippen LogP contribution in [0, 0.1) is 0 Å². The monoisotopic (exact) mass is 1100 g/mol. The lowest BCUT2D eigenvalue weighted by molar-refractivity contribution is 1.60. The molecule has 14 aromatic carbocycles. The van der Waals surface area contributed by atoms with Gasteiger partial charge in [0.05, 0.1) is 0 Å². The summed E-state index contributed by atoms with van der Waals surface area (Å²) in [7, 11) is -1.55. The Balaban J connectivity index is 0.937. The molecule has 14 aromatic rings. The lowest BCUT2D eigenvalue weighted by Crippen LogP contribution is -2.20. The highest BCUT2D eigenvalue weighted by Gasteiger charge is 2.22. The van der Waals surface area contributed by atoms with Crippen LogP contribution in [0.4, 0.5) is 0 Å².